The lowest BCUT2D eigenvalue weighted by Gasteiger charge is -2.15. The molecule has 0 aromatic heterocycles. The molecule has 1 aromatic carbocycles. The van der Waals surface area contributed by atoms with Crippen LogP contribution in [0.4, 0.5) is 0 Å². The Morgan fingerprint density at radius 1 is 1.26 bits per heavy atom. The third-order valence-electron chi connectivity index (χ3n) is 3.04. The van der Waals surface area contributed by atoms with Gasteiger partial charge in [-0.05, 0) is 49.4 Å². The maximum atomic E-state index is 11.4. The first-order valence-electron chi connectivity index (χ1n) is 6.44. The van der Waals surface area contributed by atoms with E-state index in [1.165, 1.54) is 0 Å². The number of rotatable bonds is 6. The summed E-state index contributed by atoms with van der Waals surface area (Å²) in [6.07, 6.45) is 2.25. The van der Waals surface area contributed by atoms with Crippen molar-refractivity contribution in [1.29, 1.82) is 0 Å². The quantitative estimate of drug-likeness (QED) is 0.745. The molecule has 108 valence electrons. The van der Waals surface area contributed by atoms with Crippen molar-refractivity contribution < 1.29 is 13.2 Å². The predicted octanol–water partition coefficient (Wildman–Crippen LogP) is 4.05. The number of benzene rings is 1. The van der Waals surface area contributed by atoms with E-state index in [2.05, 4.69) is 13.8 Å². The van der Waals surface area contributed by atoms with E-state index in [1.807, 2.05) is 6.92 Å². The second kappa shape index (κ2) is 6.62. The Hall–Kier alpha value is -0.740. The average Bonchev–Trinajstić information content (AvgIpc) is 2.28. The molecule has 0 aliphatic rings. The fourth-order valence-electron chi connectivity index (χ4n) is 1.99. The first-order valence-corrected chi connectivity index (χ1v) is 8.75. The van der Waals surface area contributed by atoms with Gasteiger partial charge in [0.1, 0.15) is 5.75 Å². The van der Waals surface area contributed by atoms with Crippen LogP contribution < -0.4 is 4.74 Å². The van der Waals surface area contributed by atoms with Crippen LogP contribution in [0.1, 0.15) is 37.8 Å². The van der Waals surface area contributed by atoms with Crippen LogP contribution in [-0.4, -0.2) is 15.0 Å². The van der Waals surface area contributed by atoms with E-state index in [-0.39, 0.29) is 4.90 Å². The summed E-state index contributed by atoms with van der Waals surface area (Å²) in [6.45, 7) is 8.47. The van der Waals surface area contributed by atoms with Crippen molar-refractivity contribution in [2.75, 3.05) is 6.61 Å². The first-order chi connectivity index (χ1) is 8.75. The van der Waals surface area contributed by atoms with Gasteiger partial charge in [0.15, 0.2) is 0 Å². The van der Waals surface area contributed by atoms with Gasteiger partial charge in [0.05, 0.1) is 11.5 Å². The van der Waals surface area contributed by atoms with Crippen LogP contribution in [0.15, 0.2) is 17.0 Å². The zero-order valence-electron chi connectivity index (χ0n) is 11.9. The van der Waals surface area contributed by atoms with E-state index in [0.717, 1.165) is 24.2 Å². The van der Waals surface area contributed by atoms with Crippen molar-refractivity contribution in [1.82, 2.24) is 0 Å². The summed E-state index contributed by atoms with van der Waals surface area (Å²) in [4.78, 5) is 0.153. The van der Waals surface area contributed by atoms with Crippen LogP contribution in [0.2, 0.25) is 0 Å². The molecular formula is C14H21ClO3S. The zero-order valence-corrected chi connectivity index (χ0v) is 13.4. The summed E-state index contributed by atoms with van der Waals surface area (Å²) in [5.41, 5.74) is 1.40. The van der Waals surface area contributed by atoms with Gasteiger partial charge in [-0.3, -0.25) is 0 Å². The highest BCUT2D eigenvalue weighted by atomic mass is 35.7. The molecule has 0 saturated heterocycles. The minimum Gasteiger partial charge on any atom is -0.493 e. The standard InChI is InChI=1S/C14H21ClO3S/c1-5-6-10(2)9-18-13-7-12(4)14(8-11(13)3)19(15,16)17/h7-8,10H,5-6,9H2,1-4H3. The minimum atomic E-state index is -3.70. The molecule has 0 N–H and O–H groups in total. The van der Waals surface area contributed by atoms with Crippen molar-refractivity contribution in [2.45, 2.75) is 45.4 Å². The minimum absolute atomic E-state index is 0.153. The van der Waals surface area contributed by atoms with Crippen molar-refractivity contribution in [3.8, 4) is 5.75 Å². The van der Waals surface area contributed by atoms with Gasteiger partial charge >= 0.3 is 0 Å². The highest BCUT2D eigenvalue weighted by Crippen LogP contribution is 2.28. The Labute approximate surface area is 120 Å². The number of aryl methyl sites for hydroxylation is 2. The molecule has 0 aliphatic carbocycles. The van der Waals surface area contributed by atoms with Crippen LogP contribution in [0.3, 0.4) is 0 Å². The second-order valence-electron chi connectivity index (χ2n) is 5.03. The molecule has 19 heavy (non-hydrogen) atoms. The topological polar surface area (TPSA) is 43.4 Å². The molecule has 0 spiro atoms. The van der Waals surface area contributed by atoms with Gasteiger partial charge in [-0.2, -0.15) is 0 Å². The van der Waals surface area contributed by atoms with Gasteiger partial charge in [-0.1, -0.05) is 20.3 Å². The van der Waals surface area contributed by atoms with Gasteiger partial charge < -0.3 is 4.74 Å². The number of hydrogen-bond donors (Lipinski definition) is 0. The second-order valence-corrected chi connectivity index (χ2v) is 7.56. The van der Waals surface area contributed by atoms with Crippen LogP contribution in [0.5, 0.6) is 5.75 Å². The molecule has 1 unspecified atom stereocenters. The maximum Gasteiger partial charge on any atom is 0.261 e. The number of ether oxygens (including phenoxy) is 1. The largest absolute Gasteiger partial charge is 0.493 e. The molecule has 1 aromatic rings. The van der Waals surface area contributed by atoms with Gasteiger partial charge in [0.2, 0.25) is 0 Å². The van der Waals surface area contributed by atoms with Crippen LogP contribution >= 0.6 is 10.7 Å². The Bertz CT molecular complexity index is 538. The molecule has 0 fully saturated rings. The third-order valence-corrected chi connectivity index (χ3v) is 4.50. The third kappa shape index (κ3) is 4.69. The summed E-state index contributed by atoms with van der Waals surface area (Å²) in [7, 11) is 1.69. The smallest absolute Gasteiger partial charge is 0.261 e. The molecule has 0 radical (unpaired) electrons. The first kappa shape index (κ1) is 16.3. The number of halogens is 1. The Morgan fingerprint density at radius 2 is 1.89 bits per heavy atom. The van der Waals surface area contributed by atoms with Crippen molar-refractivity contribution in [2.24, 2.45) is 5.92 Å². The highest BCUT2D eigenvalue weighted by Gasteiger charge is 2.16. The summed E-state index contributed by atoms with van der Waals surface area (Å²) >= 11 is 0. The normalized spacial score (nSPS) is 13.3. The predicted molar refractivity (Wildman–Crippen MR) is 78.5 cm³/mol. The lowest BCUT2D eigenvalue weighted by atomic mass is 10.1. The summed E-state index contributed by atoms with van der Waals surface area (Å²) in [5.74, 6) is 1.21. The molecule has 0 heterocycles. The summed E-state index contributed by atoms with van der Waals surface area (Å²) in [5, 5.41) is 0. The molecule has 0 amide bonds. The van der Waals surface area contributed by atoms with Gasteiger partial charge in [0, 0.05) is 10.7 Å². The Morgan fingerprint density at radius 3 is 2.42 bits per heavy atom. The van der Waals surface area contributed by atoms with Crippen LogP contribution in [0.25, 0.3) is 0 Å². The molecule has 1 rings (SSSR count). The van der Waals surface area contributed by atoms with E-state index in [0.29, 0.717) is 18.1 Å². The van der Waals surface area contributed by atoms with E-state index in [1.54, 1.807) is 19.1 Å². The Balaban J connectivity index is 2.91. The van der Waals surface area contributed by atoms with Gasteiger partial charge in [-0.15, -0.1) is 0 Å². The molecule has 0 bridgehead atoms. The molecular weight excluding hydrogens is 284 g/mol. The SMILES string of the molecule is CCCC(C)COc1cc(C)c(S(=O)(=O)Cl)cc1C. The lowest BCUT2D eigenvalue weighted by Crippen LogP contribution is -2.09. The fourth-order valence-corrected chi connectivity index (χ4v) is 3.25. The maximum absolute atomic E-state index is 11.4. The van der Waals surface area contributed by atoms with Crippen molar-refractivity contribution in [3.63, 3.8) is 0 Å². The van der Waals surface area contributed by atoms with E-state index < -0.39 is 9.05 Å². The van der Waals surface area contributed by atoms with Crippen molar-refractivity contribution in [3.05, 3.63) is 23.3 Å². The summed E-state index contributed by atoms with van der Waals surface area (Å²) < 4.78 is 28.5. The summed E-state index contributed by atoms with van der Waals surface area (Å²) in [6, 6.07) is 3.31. The Kier molecular flexibility index (Phi) is 5.68. The molecule has 3 nitrogen and oxygen atoms in total. The van der Waals surface area contributed by atoms with E-state index in [4.69, 9.17) is 15.4 Å². The molecule has 0 saturated carbocycles. The van der Waals surface area contributed by atoms with Crippen LogP contribution in [0, 0.1) is 19.8 Å². The van der Waals surface area contributed by atoms with Gasteiger partial charge in [-0.25, -0.2) is 8.42 Å². The average molecular weight is 305 g/mol. The lowest BCUT2D eigenvalue weighted by molar-refractivity contribution is 0.250. The van der Waals surface area contributed by atoms with E-state index in [9.17, 15) is 8.42 Å². The van der Waals surface area contributed by atoms with Gasteiger partial charge in [0.25, 0.3) is 9.05 Å². The van der Waals surface area contributed by atoms with Crippen LogP contribution in [-0.2, 0) is 9.05 Å². The van der Waals surface area contributed by atoms with E-state index >= 15 is 0 Å². The van der Waals surface area contributed by atoms with Crippen molar-refractivity contribution >= 4 is 19.7 Å². The highest BCUT2D eigenvalue weighted by molar-refractivity contribution is 8.13. The molecule has 5 heteroatoms. The monoisotopic (exact) mass is 304 g/mol. The molecule has 1 atom stereocenters. The molecule has 0 aliphatic heterocycles. The fraction of sp³-hybridized carbons (Fsp3) is 0.571. The number of hydrogen-bond acceptors (Lipinski definition) is 3. The zero-order chi connectivity index (χ0) is 14.6.